The number of aryl methyl sites for hydroxylation is 1. The van der Waals surface area contributed by atoms with Gasteiger partial charge in [-0.2, -0.15) is 0 Å². The molecule has 3 heterocycles. The summed E-state index contributed by atoms with van der Waals surface area (Å²) >= 11 is 0. The molecule has 1 amide bonds. The Balaban J connectivity index is 1.41. The van der Waals surface area contributed by atoms with Crippen LogP contribution >= 0.6 is 0 Å². The first kappa shape index (κ1) is 16.3. The van der Waals surface area contributed by atoms with Crippen molar-refractivity contribution in [3.05, 3.63) is 36.4 Å². The third kappa shape index (κ3) is 3.32. The number of hydrogen-bond acceptors (Lipinski definition) is 3. The summed E-state index contributed by atoms with van der Waals surface area (Å²) in [4.78, 5) is 23.3. The topological polar surface area (TPSA) is 51.0 Å². The van der Waals surface area contributed by atoms with Gasteiger partial charge in [-0.15, -0.1) is 0 Å². The Morgan fingerprint density at radius 1 is 1.20 bits per heavy atom. The second kappa shape index (κ2) is 6.98. The lowest BCUT2D eigenvalue weighted by atomic mass is 9.83. The molecule has 1 saturated heterocycles. The molecule has 1 saturated carbocycles. The minimum absolute atomic E-state index is 0.324. The zero-order valence-electron chi connectivity index (χ0n) is 14.9. The third-order valence-corrected chi connectivity index (χ3v) is 5.80. The Bertz CT molecular complexity index is 727. The summed E-state index contributed by atoms with van der Waals surface area (Å²) in [6.07, 6.45) is 11.2. The van der Waals surface area contributed by atoms with Crippen LogP contribution in [-0.4, -0.2) is 38.4 Å². The van der Waals surface area contributed by atoms with Crippen molar-refractivity contribution in [2.75, 3.05) is 13.1 Å². The molecule has 0 spiro atoms. The van der Waals surface area contributed by atoms with Gasteiger partial charge >= 0.3 is 0 Å². The van der Waals surface area contributed by atoms with E-state index in [2.05, 4.69) is 32.4 Å². The number of nitrogens with zero attached hydrogens (tertiary/aromatic N) is 4. The van der Waals surface area contributed by atoms with Crippen molar-refractivity contribution in [2.45, 2.75) is 45.6 Å². The summed E-state index contributed by atoms with van der Waals surface area (Å²) in [6, 6.07) is 4.01. The zero-order chi connectivity index (χ0) is 17.2. The van der Waals surface area contributed by atoms with Gasteiger partial charge in [-0.1, -0.05) is 6.42 Å². The zero-order valence-corrected chi connectivity index (χ0v) is 14.9. The average molecular weight is 338 g/mol. The summed E-state index contributed by atoms with van der Waals surface area (Å²) in [5, 5.41) is 0. The molecule has 4 rings (SSSR count). The predicted octanol–water partition coefficient (Wildman–Crippen LogP) is 3.29. The second-order valence-electron chi connectivity index (χ2n) is 7.47. The number of piperidine rings is 1. The normalized spacial score (nSPS) is 19.0. The fourth-order valence-electron chi connectivity index (χ4n) is 3.92. The van der Waals surface area contributed by atoms with Gasteiger partial charge in [0.15, 0.2) is 0 Å². The van der Waals surface area contributed by atoms with Gasteiger partial charge in [0, 0.05) is 55.4 Å². The highest BCUT2D eigenvalue weighted by Crippen LogP contribution is 2.30. The Hall–Kier alpha value is -2.17. The molecule has 0 unspecified atom stereocenters. The van der Waals surface area contributed by atoms with Crippen molar-refractivity contribution in [1.82, 2.24) is 19.4 Å². The van der Waals surface area contributed by atoms with Crippen molar-refractivity contribution in [2.24, 2.45) is 11.8 Å². The fourth-order valence-corrected chi connectivity index (χ4v) is 3.92. The third-order valence-electron chi connectivity index (χ3n) is 5.80. The summed E-state index contributed by atoms with van der Waals surface area (Å²) in [6.45, 7) is 4.91. The monoisotopic (exact) mass is 338 g/mol. The lowest BCUT2D eigenvalue weighted by molar-refractivity contribution is -0.139. The highest BCUT2D eigenvalue weighted by molar-refractivity contribution is 5.79. The molecule has 0 bridgehead atoms. The van der Waals surface area contributed by atoms with Crippen LogP contribution in [0.2, 0.25) is 0 Å². The van der Waals surface area contributed by atoms with Crippen molar-refractivity contribution in [3.8, 4) is 11.4 Å². The van der Waals surface area contributed by atoms with E-state index >= 15 is 0 Å². The predicted molar refractivity (Wildman–Crippen MR) is 96.8 cm³/mol. The summed E-state index contributed by atoms with van der Waals surface area (Å²) in [5.74, 6) is 2.33. The maximum absolute atomic E-state index is 12.4. The molecule has 2 aliphatic rings. The van der Waals surface area contributed by atoms with Gasteiger partial charge in [0.25, 0.3) is 0 Å². The number of rotatable bonds is 4. The van der Waals surface area contributed by atoms with E-state index in [0.29, 0.717) is 17.7 Å². The first-order valence-corrected chi connectivity index (χ1v) is 9.43. The quantitative estimate of drug-likeness (QED) is 0.859. The molecule has 2 aromatic rings. The lowest BCUT2D eigenvalue weighted by Crippen LogP contribution is -2.44. The van der Waals surface area contributed by atoms with Crippen LogP contribution in [0.15, 0.2) is 30.7 Å². The molecule has 25 heavy (non-hydrogen) atoms. The van der Waals surface area contributed by atoms with Crippen LogP contribution in [0.5, 0.6) is 0 Å². The van der Waals surface area contributed by atoms with E-state index in [-0.39, 0.29) is 0 Å². The Labute approximate surface area is 149 Å². The molecule has 2 fully saturated rings. The maximum Gasteiger partial charge on any atom is 0.225 e. The van der Waals surface area contributed by atoms with Crippen LogP contribution in [0.4, 0.5) is 0 Å². The number of aromatic nitrogens is 3. The summed E-state index contributed by atoms with van der Waals surface area (Å²) in [5.41, 5.74) is 2.25. The van der Waals surface area contributed by atoms with Gasteiger partial charge in [0.1, 0.15) is 5.82 Å². The smallest absolute Gasteiger partial charge is 0.225 e. The molecule has 2 aromatic heterocycles. The van der Waals surface area contributed by atoms with Crippen molar-refractivity contribution in [1.29, 1.82) is 0 Å². The molecule has 132 valence electrons. The summed E-state index contributed by atoms with van der Waals surface area (Å²) in [7, 11) is 0. The van der Waals surface area contributed by atoms with Crippen molar-refractivity contribution in [3.63, 3.8) is 0 Å². The van der Waals surface area contributed by atoms with Crippen molar-refractivity contribution >= 4 is 5.91 Å². The molecule has 0 N–H and O–H groups in total. The van der Waals surface area contributed by atoms with Gasteiger partial charge in [-0.25, -0.2) is 4.98 Å². The minimum Gasteiger partial charge on any atom is -0.342 e. The number of pyridine rings is 1. The molecule has 5 nitrogen and oxygen atoms in total. The highest BCUT2D eigenvalue weighted by atomic mass is 16.2. The molecule has 0 radical (unpaired) electrons. The number of carbonyl (C=O) groups excluding carboxylic acids is 1. The second-order valence-corrected chi connectivity index (χ2v) is 7.47. The highest BCUT2D eigenvalue weighted by Gasteiger charge is 2.31. The fraction of sp³-hybridized carbons (Fsp3) is 0.550. The molecule has 5 heteroatoms. The van der Waals surface area contributed by atoms with Crippen LogP contribution in [0, 0.1) is 18.8 Å². The molecular weight excluding hydrogens is 312 g/mol. The van der Waals surface area contributed by atoms with Gasteiger partial charge < -0.3 is 9.47 Å². The summed E-state index contributed by atoms with van der Waals surface area (Å²) < 4.78 is 2.31. The number of likely N-dealkylation sites (tertiary alicyclic amines) is 1. The van der Waals surface area contributed by atoms with E-state index in [9.17, 15) is 4.79 Å². The van der Waals surface area contributed by atoms with E-state index in [0.717, 1.165) is 56.7 Å². The van der Waals surface area contributed by atoms with Gasteiger partial charge in [-0.3, -0.25) is 9.78 Å². The Kier molecular flexibility index (Phi) is 4.55. The van der Waals surface area contributed by atoms with E-state index in [1.807, 2.05) is 18.5 Å². The standard InChI is InChI=1S/C20H26N4O/c1-15-12-22-19(18-6-3-9-21-13-18)24(15)14-16-7-10-23(11-8-16)20(25)17-4-2-5-17/h3,6,9,12-13,16-17H,2,4-5,7-8,10-11,14H2,1H3. The van der Waals surface area contributed by atoms with E-state index in [1.165, 1.54) is 12.1 Å². The molecule has 0 atom stereocenters. The van der Waals surface area contributed by atoms with Crippen LogP contribution in [0.1, 0.15) is 37.8 Å². The van der Waals surface area contributed by atoms with E-state index in [1.54, 1.807) is 6.20 Å². The van der Waals surface area contributed by atoms with Crippen LogP contribution in [-0.2, 0) is 11.3 Å². The van der Waals surface area contributed by atoms with Crippen molar-refractivity contribution < 1.29 is 4.79 Å². The SMILES string of the molecule is Cc1cnc(-c2cccnc2)n1CC1CCN(C(=O)C2CCC2)CC1. The van der Waals surface area contributed by atoms with Gasteiger partial charge in [0.2, 0.25) is 5.91 Å². The lowest BCUT2D eigenvalue weighted by Gasteiger charge is -2.36. The number of amides is 1. The van der Waals surface area contributed by atoms with Gasteiger partial charge in [-0.05, 0) is 50.7 Å². The first-order valence-electron chi connectivity index (χ1n) is 9.43. The number of imidazole rings is 1. The molecule has 0 aromatic carbocycles. The minimum atomic E-state index is 0.324. The van der Waals surface area contributed by atoms with Gasteiger partial charge in [0.05, 0.1) is 0 Å². The Morgan fingerprint density at radius 3 is 2.64 bits per heavy atom. The molecule has 1 aliphatic carbocycles. The molecule has 1 aliphatic heterocycles. The van der Waals surface area contributed by atoms with E-state index in [4.69, 9.17) is 0 Å². The van der Waals surface area contributed by atoms with Crippen LogP contribution in [0.25, 0.3) is 11.4 Å². The van der Waals surface area contributed by atoms with E-state index < -0.39 is 0 Å². The van der Waals surface area contributed by atoms with Crippen LogP contribution < -0.4 is 0 Å². The van der Waals surface area contributed by atoms with Crippen LogP contribution in [0.3, 0.4) is 0 Å². The Morgan fingerprint density at radius 2 is 2.00 bits per heavy atom. The number of hydrogen-bond donors (Lipinski definition) is 0. The number of carbonyl (C=O) groups is 1. The molecular formula is C20H26N4O. The first-order chi connectivity index (χ1) is 12.2. The largest absolute Gasteiger partial charge is 0.342 e. The average Bonchev–Trinajstić information content (AvgIpc) is 2.95. The maximum atomic E-state index is 12.4.